The van der Waals surface area contributed by atoms with Gasteiger partial charge in [-0.2, -0.15) is 0 Å². The van der Waals surface area contributed by atoms with Gasteiger partial charge in [-0.3, -0.25) is 0 Å². The monoisotopic (exact) mass is 314 g/mol. The molecular formula is C18H22N2O3. The zero-order valence-corrected chi connectivity index (χ0v) is 13.2. The number of urea groups is 1. The number of aliphatic hydroxyl groups excluding tert-OH is 1. The van der Waals surface area contributed by atoms with Gasteiger partial charge >= 0.3 is 6.03 Å². The van der Waals surface area contributed by atoms with Gasteiger partial charge in [-0.05, 0) is 24.1 Å². The van der Waals surface area contributed by atoms with Gasteiger partial charge in [-0.1, -0.05) is 49.4 Å². The maximum absolute atomic E-state index is 12.2. The van der Waals surface area contributed by atoms with Gasteiger partial charge < -0.3 is 20.5 Å². The fraction of sp³-hybridized carbons (Fsp3) is 0.278. The molecule has 0 aliphatic carbocycles. The number of nitrogens with one attached hydrogen (secondary N) is 2. The molecule has 0 aromatic heterocycles. The molecule has 0 spiro atoms. The molecule has 3 N–H and O–H groups in total. The summed E-state index contributed by atoms with van der Waals surface area (Å²) in [6.45, 7) is 2.43. The van der Waals surface area contributed by atoms with Crippen LogP contribution in [0.3, 0.4) is 0 Å². The third-order valence-electron chi connectivity index (χ3n) is 3.29. The molecule has 2 rings (SSSR count). The number of ether oxygens (including phenoxy) is 1. The van der Waals surface area contributed by atoms with Crippen LogP contribution in [-0.2, 0) is 0 Å². The van der Waals surface area contributed by atoms with Crippen LogP contribution in [0.4, 0.5) is 10.5 Å². The summed E-state index contributed by atoms with van der Waals surface area (Å²) in [7, 11) is 0. The molecule has 2 aromatic carbocycles. The van der Waals surface area contributed by atoms with Crippen LogP contribution < -0.4 is 15.4 Å². The van der Waals surface area contributed by atoms with Crippen LogP contribution in [0.5, 0.6) is 5.75 Å². The minimum Gasteiger partial charge on any atom is -0.491 e. The SMILES string of the molecule is CCCOc1ccccc1NC(=O)NC(CO)c1ccccc1. The molecule has 0 bridgehead atoms. The number of anilines is 1. The molecule has 122 valence electrons. The molecule has 0 aliphatic rings. The van der Waals surface area contributed by atoms with Crippen LogP contribution in [0, 0.1) is 0 Å². The largest absolute Gasteiger partial charge is 0.491 e. The molecule has 1 unspecified atom stereocenters. The van der Waals surface area contributed by atoms with Gasteiger partial charge in [0.25, 0.3) is 0 Å². The summed E-state index contributed by atoms with van der Waals surface area (Å²) in [5, 5.41) is 15.0. The van der Waals surface area contributed by atoms with E-state index < -0.39 is 6.04 Å². The Bertz CT molecular complexity index is 617. The first-order chi connectivity index (χ1) is 11.2. The molecule has 0 radical (unpaired) electrons. The summed E-state index contributed by atoms with van der Waals surface area (Å²) in [6, 6.07) is 15.8. The first kappa shape index (κ1) is 16.8. The number of hydrogen-bond donors (Lipinski definition) is 3. The maximum Gasteiger partial charge on any atom is 0.319 e. The van der Waals surface area contributed by atoms with Crippen molar-refractivity contribution in [2.75, 3.05) is 18.5 Å². The van der Waals surface area contributed by atoms with Crippen molar-refractivity contribution in [1.29, 1.82) is 0 Å². The van der Waals surface area contributed by atoms with Crippen LogP contribution in [0.2, 0.25) is 0 Å². The Hall–Kier alpha value is -2.53. The zero-order chi connectivity index (χ0) is 16.5. The molecule has 0 saturated carbocycles. The van der Waals surface area contributed by atoms with E-state index in [1.54, 1.807) is 6.07 Å². The highest BCUT2D eigenvalue weighted by atomic mass is 16.5. The Balaban J connectivity index is 2.01. The van der Waals surface area contributed by atoms with Gasteiger partial charge in [0, 0.05) is 0 Å². The Kier molecular flexibility index (Phi) is 6.44. The molecule has 2 amide bonds. The Morgan fingerprint density at radius 1 is 1.13 bits per heavy atom. The van der Waals surface area contributed by atoms with Crippen LogP contribution >= 0.6 is 0 Å². The zero-order valence-electron chi connectivity index (χ0n) is 13.2. The number of para-hydroxylation sites is 2. The predicted octanol–water partition coefficient (Wildman–Crippen LogP) is 3.33. The van der Waals surface area contributed by atoms with E-state index in [-0.39, 0.29) is 12.6 Å². The van der Waals surface area contributed by atoms with Gasteiger partial charge in [-0.15, -0.1) is 0 Å². The lowest BCUT2D eigenvalue weighted by Gasteiger charge is -2.18. The first-order valence-corrected chi connectivity index (χ1v) is 7.69. The average Bonchev–Trinajstić information content (AvgIpc) is 2.59. The van der Waals surface area contributed by atoms with Crippen molar-refractivity contribution in [3.05, 3.63) is 60.2 Å². The normalized spacial score (nSPS) is 11.6. The number of carbonyl (C=O) groups excluding carboxylic acids is 1. The molecule has 5 heteroatoms. The van der Waals surface area contributed by atoms with E-state index in [2.05, 4.69) is 10.6 Å². The van der Waals surface area contributed by atoms with Crippen molar-refractivity contribution in [3.8, 4) is 5.75 Å². The Morgan fingerprint density at radius 2 is 1.83 bits per heavy atom. The van der Waals surface area contributed by atoms with Crippen LogP contribution in [-0.4, -0.2) is 24.4 Å². The van der Waals surface area contributed by atoms with Crippen LogP contribution in [0.25, 0.3) is 0 Å². The van der Waals surface area contributed by atoms with Crippen molar-refractivity contribution >= 4 is 11.7 Å². The van der Waals surface area contributed by atoms with E-state index in [0.29, 0.717) is 18.0 Å². The van der Waals surface area contributed by atoms with Crippen LogP contribution in [0.1, 0.15) is 24.9 Å². The number of benzene rings is 2. The number of carbonyl (C=O) groups is 1. The summed E-state index contributed by atoms with van der Waals surface area (Å²) in [6.07, 6.45) is 0.890. The predicted molar refractivity (Wildman–Crippen MR) is 90.7 cm³/mol. The highest BCUT2D eigenvalue weighted by Gasteiger charge is 2.14. The smallest absolute Gasteiger partial charge is 0.319 e. The van der Waals surface area contributed by atoms with Crippen molar-refractivity contribution < 1.29 is 14.6 Å². The fourth-order valence-corrected chi connectivity index (χ4v) is 2.14. The van der Waals surface area contributed by atoms with Gasteiger partial charge in [0.1, 0.15) is 5.75 Å². The van der Waals surface area contributed by atoms with E-state index in [1.165, 1.54) is 0 Å². The summed E-state index contributed by atoms with van der Waals surface area (Å²) < 4.78 is 5.61. The minimum absolute atomic E-state index is 0.175. The molecule has 23 heavy (non-hydrogen) atoms. The molecule has 0 aliphatic heterocycles. The van der Waals surface area contributed by atoms with Gasteiger partial charge in [-0.25, -0.2) is 4.79 Å². The molecule has 2 aromatic rings. The average molecular weight is 314 g/mol. The Morgan fingerprint density at radius 3 is 2.52 bits per heavy atom. The van der Waals surface area contributed by atoms with Crippen molar-refractivity contribution in [2.24, 2.45) is 0 Å². The lowest BCUT2D eigenvalue weighted by Crippen LogP contribution is -2.34. The second kappa shape index (κ2) is 8.80. The van der Waals surface area contributed by atoms with Crippen LogP contribution in [0.15, 0.2) is 54.6 Å². The van der Waals surface area contributed by atoms with Gasteiger partial charge in [0.15, 0.2) is 0 Å². The lowest BCUT2D eigenvalue weighted by atomic mass is 10.1. The highest BCUT2D eigenvalue weighted by Crippen LogP contribution is 2.24. The standard InChI is InChI=1S/C18H22N2O3/c1-2-12-23-17-11-7-6-10-15(17)19-18(22)20-16(13-21)14-8-4-3-5-9-14/h3-11,16,21H,2,12-13H2,1H3,(H2,19,20,22). The van der Waals surface area contributed by atoms with E-state index in [4.69, 9.17) is 4.74 Å². The summed E-state index contributed by atoms with van der Waals surface area (Å²) in [5.74, 6) is 0.629. The summed E-state index contributed by atoms with van der Waals surface area (Å²) in [5.41, 5.74) is 1.45. The number of hydrogen-bond acceptors (Lipinski definition) is 3. The fourth-order valence-electron chi connectivity index (χ4n) is 2.14. The van der Waals surface area contributed by atoms with Crippen molar-refractivity contribution in [1.82, 2.24) is 5.32 Å². The van der Waals surface area contributed by atoms with E-state index in [1.807, 2.05) is 55.5 Å². The third kappa shape index (κ3) is 5.00. The second-order valence-electron chi connectivity index (χ2n) is 5.09. The summed E-state index contributed by atoms with van der Waals surface area (Å²) >= 11 is 0. The van der Waals surface area contributed by atoms with Gasteiger partial charge in [0.2, 0.25) is 0 Å². The van der Waals surface area contributed by atoms with Crippen molar-refractivity contribution in [3.63, 3.8) is 0 Å². The molecule has 0 fully saturated rings. The van der Waals surface area contributed by atoms with E-state index in [9.17, 15) is 9.90 Å². The number of amides is 2. The molecule has 0 heterocycles. The maximum atomic E-state index is 12.2. The molecular weight excluding hydrogens is 292 g/mol. The highest BCUT2D eigenvalue weighted by molar-refractivity contribution is 5.91. The lowest BCUT2D eigenvalue weighted by molar-refractivity contribution is 0.225. The number of rotatable bonds is 7. The van der Waals surface area contributed by atoms with E-state index in [0.717, 1.165) is 12.0 Å². The quantitative estimate of drug-likeness (QED) is 0.734. The van der Waals surface area contributed by atoms with Crippen molar-refractivity contribution in [2.45, 2.75) is 19.4 Å². The van der Waals surface area contributed by atoms with E-state index >= 15 is 0 Å². The topological polar surface area (TPSA) is 70.6 Å². The summed E-state index contributed by atoms with van der Waals surface area (Å²) in [4.78, 5) is 12.2. The molecule has 1 atom stereocenters. The third-order valence-corrected chi connectivity index (χ3v) is 3.29. The first-order valence-electron chi connectivity index (χ1n) is 7.69. The molecule has 0 saturated heterocycles. The second-order valence-corrected chi connectivity index (χ2v) is 5.09. The Labute approximate surface area is 136 Å². The van der Waals surface area contributed by atoms with Gasteiger partial charge in [0.05, 0.1) is 24.9 Å². The minimum atomic E-state index is -0.458. The molecule has 5 nitrogen and oxygen atoms in total. The number of aliphatic hydroxyl groups is 1.